The molecule has 20 heteroatoms. The van der Waals surface area contributed by atoms with E-state index in [1.807, 2.05) is 0 Å². The van der Waals surface area contributed by atoms with Crippen LogP contribution in [0.5, 0.6) is 11.5 Å². The minimum Gasteiger partial charge on any atom is -0.496 e. The zero-order chi connectivity index (χ0) is 50.5. The Labute approximate surface area is 404 Å². The van der Waals surface area contributed by atoms with Gasteiger partial charge in [-0.25, -0.2) is 4.79 Å². The Morgan fingerprint density at radius 3 is 2.21 bits per heavy atom. The molecule has 0 spiro atoms. The fraction of sp³-hybridized carbons (Fsp3) is 0.137. The van der Waals surface area contributed by atoms with Gasteiger partial charge in [0.2, 0.25) is 11.5 Å². The van der Waals surface area contributed by atoms with Crippen LogP contribution in [-0.2, 0) is 24.1 Å². The number of hydrogen-bond donors (Lipinski definition) is 2. The Bertz CT molecular complexity index is 3710. The van der Waals surface area contributed by atoms with Crippen molar-refractivity contribution < 1.29 is 72.3 Å². The molecule has 0 amide bonds. The largest absolute Gasteiger partial charge is 0.924 e. The van der Waals surface area contributed by atoms with Crippen LogP contribution in [0.1, 0.15) is 51.7 Å². The number of Topliss-reactive ketones (excluding diaryl/α,β-unsaturated/α-hetero) is 1. The molecule has 1 atom stereocenters. The van der Waals surface area contributed by atoms with Crippen molar-refractivity contribution in [1.29, 1.82) is 0 Å². The predicted octanol–water partition coefficient (Wildman–Crippen LogP) is 6.83. The van der Waals surface area contributed by atoms with Gasteiger partial charge in [-0.1, -0.05) is 36.1 Å². The van der Waals surface area contributed by atoms with Crippen LogP contribution in [-0.4, -0.2) is 105 Å². The number of carboxylic acid groups (broad SMARTS) is 1. The SMILES string of the molecule is COc1ccccc1C1=[N+]2C(=C(c3ccc(C#Cc4ccc(C5=[N+]6C(=Cc7c(C)c(S(=O)(=O)O)c(C)n7[B-]6(F)F)C(=O)C5C)cc4)cc3OCC(=O)O)C3=[N+](C(=C4C=CC=CC4=[O+]C)C=C3)[B-]2(F)F)C=C1. The molecule has 2 N–H and O–H groups in total. The monoisotopic (exact) mass is 982 g/mol. The average Bonchev–Trinajstić information content (AvgIpc) is 4.11. The second kappa shape index (κ2) is 16.8. The Hall–Kier alpha value is -8.14. The van der Waals surface area contributed by atoms with E-state index in [0.717, 1.165) is 8.97 Å². The predicted molar refractivity (Wildman–Crippen MR) is 258 cm³/mol. The molecule has 0 fully saturated rings. The zero-order valence-corrected chi connectivity index (χ0v) is 39.3. The lowest BCUT2D eigenvalue weighted by molar-refractivity contribution is -0.512. The van der Waals surface area contributed by atoms with Crippen LogP contribution < -0.4 is 9.47 Å². The number of methoxy groups -OCH3 is 1. The number of ketones is 2. The van der Waals surface area contributed by atoms with Gasteiger partial charge in [0.1, 0.15) is 33.5 Å². The standard InChI is InChI=1S/C51H38B2F4N4O9S/c1-29-42-27-43-50(64)30(2)49(61(43)52(54,55)58(42)31(3)51(29)71(65,66)67)34-19-16-32(17-20-34)14-15-33-18-21-37(46(26-33)70-28-47(62)63)48-40-24-22-38(35-10-6-8-12-44(35)68-4)59(40)53(56,57)60-39(23-25-41(48)60)36-11-7-9-13-45(36)69-5/h6-13,16-27,30H,28H2,1-5H3/p+2. The first-order chi connectivity index (χ1) is 33.8. The molecule has 3 aromatic carbocycles. The fourth-order valence-corrected chi connectivity index (χ4v) is 11.3. The molecular formula is C51H40B2F4N4O9S+2. The van der Waals surface area contributed by atoms with Crippen molar-refractivity contribution >= 4 is 70.4 Å². The summed E-state index contributed by atoms with van der Waals surface area (Å²) in [5.41, 5.74) is 2.07. The highest BCUT2D eigenvalue weighted by atomic mass is 32.2. The van der Waals surface area contributed by atoms with Crippen molar-refractivity contribution in [2.45, 2.75) is 25.7 Å². The number of allylic oxidation sites excluding steroid dienone is 11. The zero-order valence-electron chi connectivity index (χ0n) is 38.4. The molecular weight excluding hydrogens is 942 g/mol. The maximum absolute atomic E-state index is 17.6. The number of rotatable bonds is 8. The molecule has 10 rings (SSSR count). The van der Waals surface area contributed by atoms with E-state index in [1.54, 1.807) is 97.1 Å². The minimum absolute atomic E-state index is 0.00658. The molecule has 0 radical (unpaired) electrons. The van der Waals surface area contributed by atoms with Crippen LogP contribution in [0.25, 0.3) is 11.6 Å². The normalized spacial score (nSPS) is 20.9. The molecule has 71 heavy (non-hydrogen) atoms. The topological polar surface area (TPSA) is 152 Å². The summed E-state index contributed by atoms with van der Waals surface area (Å²) in [6.45, 7) is -6.26. The van der Waals surface area contributed by atoms with E-state index < -0.39 is 53.2 Å². The van der Waals surface area contributed by atoms with Crippen LogP contribution in [0, 0.1) is 31.6 Å². The first-order valence-electron chi connectivity index (χ1n) is 22.1. The summed E-state index contributed by atoms with van der Waals surface area (Å²) >= 11 is 0. The Balaban J connectivity index is 1.07. The summed E-state index contributed by atoms with van der Waals surface area (Å²) in [4.78, 5) is 24.9. The summed E-state index contributed by atoms with van der Waals surface area (Å²) < 4.78 is 123. The van der Waals surface area contributed by atoms with Gasteiger partial charge < -0.3 is 40.8 Å². The first-order valence-corrected chi connectivity index (χ1v) is 23.6. The van der Waals surface area contributed by atoms with E-state index in [1.165, 1.54) is 59.3 Å². The lowest BCUT2D eigenvalue weighted by atomic mass is 9.84. The van der Waals surface area contributed by atoms with E-state index in [-0.39, 0.29) is 68.1 Å². The molecule has 6 aliphatic rings. The van der Waals surface area contributed by atoms with Gasteiger partial charge >= 0.3 is 25.7 Å². The van der Waals surface area contributed by atoms with Crippen molar-refractivity contribution in [3.8, 4) is 23.3 Å². The second-order valence-electron chi connectivity index (χ2n) is 17.3. The summed E-state index contributed by atoms with van der Waals surface area (Å²) in [6.07, 6.45) is 14.4. The minimum atomic E-state index is -4.88. The maximum atomic E-state index is 17.6. The van der Waals surface area contributed by atoms with Crippen molar-refractivity contribution in [2.24, 2.45) is 5.92 Å². The molecule has 5 aliphatic heterocycles. The highest BCUT2D eigenvalue weighted by Gasteiger charge is 2.67. The van der Waals surface area contributed by atoms with Crippen molar-refractivity contribution in [2.75, 3.05) is 20.8 Å². The number of hydrogen-bond acceptors (Lipinski definition) is 6. The number of ether oxygens (including phenoxy) is 2. The Morgan fingerprint density at radius 2 is 1.51 bits per heavy atom. The van der Waals surface area contributed by atoms with Gasteiger partial charge in [-0.15, -0.1) is 0 Å². The van der Waals surface area contributed by atoms with Crippen molar-refractivity contribution in [3.05, 3.63) is 183 Å². The third-order valence-electron chi connectivity index (χ3n) is 13.3. The van der Waals surface area contributed by atoms with E-state index in [4.69, 9.17) is 13.9 Å². The number of aliphatic carboxylic acids is 1. The maximum Gasteiger partial charge on any atom is 0.924 e. The Kier molecular flexibility index (Phi) is 11.0. The molecule has 1 unspecified atom stereocenters. The van der Waals surface area contributed by atoms with Crippen LogP contribution in [0.4, 0.5) is 17.3 Å². The molecule has 0 bridgehead atoms. The van der Waals surface area contributed by atoms with Crippen molar-refractivity contribution in [3.63, 3.8) is 0 Å². The van der Waals surface area contributed by atoms with E-state index in [9.17, 15) is 27.7 Å². The van der Waals surface area contributed by atoms with Gasteiger partial charge in [0.25, 0.3) is 17.2 Å². The fourth-order valence-electron chi connectivity index (χ4n) is 10.3. The molecule has 0 saturated heterocycles. The molecule has 0 saturated carbocycles. The smallest absolute Gasteiger partial charge is 0.496 e. The highest BCUT2D eigenvalue weighted by Crippen LogP contribution is 2.44. The summed E-state index contributed by atoms with van der Waals surface area (Å²) in [7, 11) is -1.97. The first kappa shape index (κ1) is 46.6. The third-order valence-corrected chi connectivity index (χ3v) is 14.4. The average molecular weight is 983 g/mol. The number of nitrogens with zero attached hydrogens (tertiary/aromatic N) is 4. The quantitative estimate of drug-likeness (QED) is 0.0487. The van der Waals surface area contributed by atoms with Gasteiger partial charge in [0.05, 0.1) is 12.7 Å². The van der Waals surface area contributed by atoms with Crippen LogP contribution >= 0.6 is 0 Å². The Morgan fingerprint density at radius 1 is 0.845 bits per heavy atom. The molecule has 6 heterocycles. The van der Waals surface area contributed by atoms with Crippen LogP contribution in [0.2, 0.25) is 0 Å². The number of aromatic nitrogens is 1. The van der Waals surface area contributed by atoms with Gasteiger partial charge in [-0.05, 0) is 87.0 Å². The number of carbonyl (C=O) groups is 2. The number of benzene rings is 3. The van der Waals surface area contributed by atoms with E-state index in [2.05, 4.69) is 11.8 Å². The number of fused-ring (bicyclic) bond motifs is 3. The lowest BCUT2D eigenvalue weighted by Crippen LogP contribution is -2.55. The van der Waals surface area contributed by atoms with Crippen LogP contribution in [0.3, 0.4) is 0 Å². The molecule has 1 aromatic heterocycles. The summed E-state index contributed by atoms with van der Waals surface area (Å²) in [5.74, 6) is 3.94. The molecule has 13 nitrogen and oxygen atoms in total. The van der Waals surface area contributed by atoms with Crippen molar-refractivity contribution in [1.82, 2.24) is 4.48 Å². The molecule has 356 valence electrons. The van der Waals surface area contributed by atoms with Gasteiger partial charge in [-0.2, -0.15) is 8.42 Å². The second-order valence-corrected chi connectivity index (χ2v) is 18.6. The molecule has 4 aromatic rings. The third kappa shape index (κ3) is 7.25. The van der Waals surface area contributed by atoms with E-state index >= 15 is 17.3 Å². The number of para-hydroxylation sites is 1. The summed E-state index contributed by atoms with van der Waals surface area (Å²) in [5, 5.41) is 9.77. The number of carboxylic acids is 1. The van der Waals surface area contributed by atoms with Gasteiger partial charge in [0.15, 0.2) is 35.1 Å². The molecule has 1 aliphatic carbocycles. The van der Waals surface area contributed by atoms with E-state index in [0.29, 0.717) is 48.3 Å². The number of halogens is 4. The van der Waals surface area contributed by atoms with Gasteiger partial charge in [0, 0.05) is 70.1 Å². The number of carbonyl (C=O) groups excluding carboxylic acids is 2. The summed E-state index contributed by atoms with van der Waals surface area (Å²) in [6, 6.07) is 17.8. The lowest BCUT2D eigenvalue weighted by Gasteiger charge is -2.29. The highest BCUT2D eigenvalue weighted by molar-refractivity contribution is 7.86. The van der Waals surface area contributed by atoms with Gasteiger partial charge in [-0.3, -0.25) is 22.7 Å². The van der Waals surface area contributed by atoms with Crippen LogP contribution in [0.15, 0.2) is 143 Å².